The summed E-state index contributed by atoms with van der Waals surface area (Å²) in [4.78, 5) is 0.953. The summed E-state index contributed by atoms with van der Waals surface area (Å²) in [6, 6.07) is 15.1. The molecule has 4 nitrogen and oxygen atoms in total. The van der Waals surface area contributed by atoms with Crippen LogP contribution in [0.2, 0.25) is 0 Å². The van der Waals surface area contributed by atoms with E-state index in [0.29, 0.717) is 16.4 Å². The second kappa shape index (κ2) is 7.59. The monoisotopic (exact) mass is 365 g/mol. The van der Waals surface area contributed by atoms with Crippen molar-refractivity contribution in [3.8, 4) is 5.75 Å². The predicted octanol–water partition coefficient (Wildman–Crippen LogP) is 4.06. The van der Waals surface area contributed by atoms with Gasteiger partial charge in [-0.05, 0) is 38.5 Å². The molecule has 2 aromatic rings. The molecule has 0 saturated heterocycles. The van der Waals surface area contributed by atoms with Crippen LogP contribution in [-0.4, -0.2) is 21.1 Å². The fraction of sp³-hybridized carbons (Fsp3) is 0.333. The topological polar surface area (TPSA) is 55.4 Å². The zero-order valence-electron chi connectivity index (χ0n) is 14.4. The third-order valence-electron chi connectivity index (χ3n) is 3.12. The highest BCUT2D eigenvalue weighted by Crippen LogP contribution is 2.32. The van der Waals surface area contributed by atoms with Crippen LogP contribution in [0.1, 0.15) is 26.3 Å². The molecule has 0 heterocycles. The average molecular weight is 366 g/mol. The van der Waals surface area contributed by atoms with Crippen LogP contribution >= 0.6 is 11.8 Å². The number of rotatable bonds is 6. The number of nitrogens with one attached hydrogen (secondary N) is 1. The Hall–Kier alpha value is -1.50. The van der Waals surface area contributed by atoms with Crippen LogP contribution in [-0.2, 0) is 15.8 Å². The fourth-order valence-corrected chi connectivity index (χ4v) is 5.04. The number of ether oxygens (including phenoxy) is 1. The SMILES string of the molecule is COc1ccc(SCc2ccccc2)c(S(=O)(=O)NC(C)(C)C)c1. The molecule has 0 saturated carbocycles. The van der Waals surface area contributed by atoms with Crippen LogP contribution in [0, 0.1) is 0 Å². The normalized spacial score (nSPS) is 12.2. The standard InChI is InChI=1S/C18H23NO3S2/c1-18(2,3)19-24(20,21)17-12-15(22-4)10-11-16(17)23-13-14-8-6-5-7-9-14/h5-12,19H,13H2,1-4H3. The molecule has 24 heavy (non-hydrogen) atoms. The van der Waals surface area contributed by atoms with Gasteiger partial charge >= 0.3 is 0 Å². The Kier molecular flexibility index (Phi) is 5.96. The van der Waals surface area contributed by atoms with Crippen molar-refractivity contribution in [1.82, 2.24) is 4.72 Å². The van der Waals surface area contributed by atoms with E-state index in [-0.39, 0.29) is 4.90 Å². The summed E-state index contributed by atoms with van der Waals surface area (Å²) in [5, 5.41) is 0. The smallest absolute Gasteiger partial charge is 0.242 e. The van der Waals surface area contributed by atoms with Gasteiger partial charge in [0.25, 0.3) is 0 Å². The third kappa shape index (κ3) is 5.26. The van der Waals surface area contributed by atoms with Gasteiger partial charge in [-0.3, -0.25) is 0 Å². The summed E-state index contributed by atoms with van der Waals surface area (Å²) >= 11 is 1.50. The Morgan fingerprint density at radius 3 is 2.33 bits per heavy atom. The second-order valence-corrected chi connectivity index (χ2v) is 9.11. The predicted molar refractivity (Wildman–Crippen MR) is 99.1 cm³/mol. The molecule has 1 N–H and O–H groups in total. The summed E-state index contributed by atoms with van der Waals surface area (Å²) < 4.78 is 33.4. The van der Waals surface area contributed by atoms with Gasteiger partial charge in [-0.25, -0.2) is 13.1 Å². The van der Waals surface area contributed by atoms with Crippen molar-refractivity contribution in [2.75, 3.05) is 7.11 Å². The third-order valence-corrected chi connectivity index (χ3v) is 6.19. The lowest BCUT2D eigenvalue weighted by molar-refractivity contribution is 0.412. The van der Waals surface area contributed by atoms with E-state index in [9.17, 15) is 8.42 Å². The van der Waals surface area contributed by atoms with Crippen LogP contribution in [0.5, 0.6) is 5.75 Å². The molecule has 2 rings (SSSR count). The molecule has 0 spiro atoms. The lowest BCUT2D eigenvalue weighted by Gasteiger charge is -2.21. The highest BCUT2D eigenvalue weighted by atomic mass is 32.2. The maximum atomic E-state index is 12.8. The molecule has 130 valence electrons. The van der Waals surface area contributed by atoms with Crippen molar-refractivity contribution < 1.29 is 13.2 Å². The molecule has 0 aliphatic heterocycles. The number of methoxy groups -OCH3 is 1. The van der Waals surface area contributed by atoms with Gasteiger partial charge in [0.2, 0.25) is 10.0 Å². The highest BCUT2D eigenvalue weighted by molar-refractivity contribution is 7.99. The van der Waals surface area contributed by atoms with E-state index in [0.717, 1.165) is 5.56 Å². The molecule has 0 aliphatic rings. The highest BCUT2D eigenvalue weighted by Gasteiger charge is 2.25. The molecule has 0 radical (unpaired) electrons. The number of thioether (sulfide) groups is 1. The summed E-state index contributed by atoms with van der Waals surface area (Å²) in [6.07, 6.45) is 0. The van der Waals surface area contributed by atoms with Crippen LogP contribution in [0.25, 0.3) is 0 Å². The van der Waals surface area contributed by atoms with Gasteiger partial charge in [0, 0.05) is 22.3 Å². The lowest BCUT2D eigenvalue weighted by Crippen LogP contribution is -2.40. The Bertz CT molecular complexity index is 782. The largest absolute Gasteiger partial charge is 0.497 e. The van der Waals surface area contributed by atoms with Gasteiger partial charge in [0.05, 0.1) is 12.0 Å². The maximum Gasteiger partial charge on any atom is 0.242 e. The number of sulfonamides is 1. The number of benzene rings is 2. The van der Waals surface area contributed by atoms with E-state index in [1.54, 1.807) is 18.2 Å². The number of hydrogen-bond acceptors (Lipinski definition) is 4. The summed E-state index contributed by atoms with van der Waals surface area (Å²) in [7, 11) is -2.11. The average Bonchev–Trinajstić information content (AvgIpc) is 2.51. The molecule has 0 unspecified atom stereocenters. The zero-order valence-corrected chi connectivity index (χ0v) is 16.0. The molecular weight excluding hydrogens is 342 g/mol. The summed E-state index contributed by atoms with van der Waals surface area (Å²) in [5.41, 5.74) is 0.592. The van der Waals surface area contributed by atoms with Crippen LogP contribution in [0.4, 0.5) is 0 Å². The maximum absolute atomic E-state index is 12.8. The van der Waals surface area contributed by atoms with E-state index in [2.05, 4.69) is 4.72 Å². The second-order valence-electron chi connectivity index (χ2n) is 6.44. The van der Waals surface area contributed by atoms with Crippen molar-refractivity contribution in [2.45, 2.75) is 41.9 Å². The van der Waals surface area contributed by atoms with Gasteiger partial charge in [-0.2, -0.15) is 0 Å². The minimum atomic E-state index is -3.64. The molecule has 0 aromatic heterocycles. The summed E-state index contributed by atoms with van der Waals surface area (Å²) in [6.45, 7) is 5.46. The van der Waals surface area contributed by atoms with Gasteiger partial charge in [0.15, 0.2) is 0 Å². The molecule has 6 heteroatoms. The molecule has 0 fully saturated rings. The van der Waals surface area contributed by atoms with E-state index in [1.165, 1.54) is 18.9 Å². The molecular formula is C18H23NO3S2. The van der Waals surface area contributed by atoms with Gasteiger partial charge in [-0.15, -0.1) is 11.8 Å². The van der Waals surface area contributed by atoms with Crippen molar-refractivity contribution in [2.24, 2.45) is 0 Å². The van der Waals surface area contributed by atoms with E-state index in [1.807, 2.05) is 51.1 Å². The Morgan fingerprint density at radius 2 is 1.75 bits per heavy atom. The molecule has 0 bridgehead atoms. The van der Waals surface area contributed by atoms with Crippen LogP contribution in [0.15, 0.2) is 58.3 Å². The van der Waals surface area contributed by atoms with Crippen molar-refractivity contribution in [3.05, 3.63) is 54.1 Å². The first-order chi connectivity index (χ1) is 11.2. The van der Waals surface area contributed by atoms with E-state index >= 15 is 0 Å². The first-order valence-corrected chi connectivity index (χ1v) is 10.1. The first kappa shape index (κ1) is 18.8. The minimum absolute atomic E-state index is 0.248. The van der Waals surface area contributed by atoms with Gasteiger partial charge in [0.1, 0.15) is 5.75 Å². The molecule has 2 aromatic carbocycles. The summed E-state index contributed by atoms with van der Waals surface area (Å²) in [5.74, 6) is 1.22. The lowest BCUT2D eigenvalue weighted by atomic mass is 10.1. The fourth-order valence-electron chi connectivity index (χ4n) is 2.14. The van der Waals surface area contributed by atoms with Crippen LogP contribution in [0.3, 0.4) is 0 Å². The zero-order chi connectivity index (χ0) is 17.8. The minimum Gasteiger partial charge on any atom is -0.497 e. The quantitative estimate of drug-likeness (QED) is 0.784. The first-order valence-electron chi connectivity index (χ1n) is 7.60. The molecule has 0 atom stereocenters. The molecule has 0 amide bonds. The van der Waals surface area contributed by atoms with Crippen molar-refractivity contribution in [3.63, 3.8) is 0 Å². The van der Waals surface area contributed by atoms with E-state index in [4.69, 9.17) is 4.74 Å². The van der Waals surface area contributed by atoms with Crippen molar-refractivity contribution in [1.29, 1.82) is 0 Å². The Balaban J connectivity index is 2.34. The Morgan fingerprint density at radius 1 is 1.08 bits per heavy atom. The van der Waals surface area contributed by atoms with Gasteiger partial charge < -0.3 is 4.74 Å². The van der Waals surface area contributed by atoms with E-state index < -0.39 is 15.6 Å². The van der Waals surface area contributed by atoms with Gasteiger partial charge in [-0.1, -0.05) is 30.3 Å². The number of hydrogen-bond donors (Lipinski definition) is 1. The van der Waals surface area contributed by atoms with Crippen LogP contribution < -0.4 is 9.46 Å². The molecule has 0 aliphatic carbocycles. The Labute approximate surface area is 148 Å². The van der Waals surface area contributed by atoms with Crippen molar-refractivity contribution >= 4 is 21.8 Å².